The Morgan fingerprint density at radius 3 is 2.77 bits per heavy atom. The molecule has 2 heterocycles. The van der Waals surface area contributed by atoms with Gasteiger partial charge in [-0.15, -0.1) is 11.3 Å². The third kappa shape index (κ3) is 5.96. The van der Waals surface area contributed by atoms with Crippen molar-refractivity contribution in [2.75, 3.05) is 18.4 Å². The molecule has 1 unspecified atom stereocenters. The smallest absolute Gasteiger partial charge is 0.411 e. The van der Waals surface area contributed by atoms with Crippen molar-refractivity contribution in [1.29, 1.82) is 0 Å². The van der Waals surface area contributed by atoms with Crippen LogP contribution in [0.1, 0.15) is 51.4 Å². The van der Waals surface area contributed by atoms with Crippen LogP contribution in [0.15, 0.2) is 29.6 Å². The number of piperidine rings is 1. The number of amides is 1. The van der Waals surface area contributed by atoms with E-state index in [1.165, 1.54) is 43.4 Å². The number of carbonyl (C=O) groups excluding carboxylic acids is 1. The van der Waals surface area contributed by atoms with Gasteiger partial charge in [-0.05, 0) is 56.3 Å². The average Bonchev–Trinajstić information content (AvgIpc) is 3.21. The molecule has 30 heavy (non-hydrogen) atoms. The Morgan fingerprint density at radius 2 is 2.03 bits per heavy atom. The Kier molecular flexibility index (Phi) is 7.63. The van der Waals surface area contributed by atoms with Gasteiger partial charge in [0.1, 0.15) is 16.3 Å². The lowest BCUT2D eigenvalue weighted by atomic mass is 9.80. The molecule has 0 spiro atoms. The van der Waals surface area contributed by atoms with Gasteiger partial charge in [0.05, 0.1) is 0 Å². The molecule has 1 amide bonds. The summed E-state index contributed by atoms with van der Waals surface area (Å²) < 4.78 is 6.03. The van der Waals surface area contributed by atoms with E-state index in [2.05, 4.69) is 15.6 Å². The Hall–Kier alpha value is -1.63. The first-order chi connectivity index (χ1) is 14.7. The van der Waals surface area contributed by atoms with Gasteiger partial charge in [-0.25, -0.2) is 9.78 Å². The number of nitrogens with one attached hydrogen (secondary N) is 2. The number of nitrogens with zero attached hydrogens (tertiary/aromatic N) is 1. The maximum Gasteiger partial charge on any atom is 0.411 e. The zero-order chi connectivity index (χ0) is 20.8. The number of ether oxygens (including phenoxy) is 1. The lowest BCUT2D eigenvalue weighted by Gasteiger charge is -2.33. The lowest BCUT2D eigenvalue weighted by molar-refractivity contribution is 0.0387. The van der Waals surface area contributed by atoms with Crippen molar-refractivity contribution in [3.8, 4) is 10.6 Å². The molecule has 2 aliphatic rings. The Labute approximate surface area is 187 Å². The third-order valence-corrected chi connectivity index (χ3v) is 7.50. The fraction of sp³-hybridized carbons (Fsp3) is 0.565. The Bertz CT molecular complexity index is 831. The summed E-state index contributed by atoms with van der Waals surface area (Å²) in [5, 5.41) is 9.48. The van der Waals surface area contributed by atoms with Crippen molar-refractivity contribution in [2.45, 2.75) is 57.5 Å². The number of hydrogen-bond acceptors (Lipinski definition) is 5. The normalized spacial score (nSPS) is 19.4. The van der Waals surface area contributed by atoms with Gasteiger partial charge in [-0.2, -0.15) is 0 Å². The second kappa shape index (κ2) is 10.6. The molecule has 7 heteroatoms. The molecule has 1 aromatic carbocycles. The monoisotopic (exact) mass is 447 g/mol. The molecule has 2 fully saturated rings. The molecule has 5 nitrogen and oxygen atoms in total. The highest BCUT2D eigenvalue weighted by molar-refractivity contribution is 7.13. The lowest BCUT2D eigenvalue weighted by Crippen LogP contribution is -2.38. The highest BCUT2D eigenvalue weighted by Crippen LogP contribution is 2.33. The van der Waals surface area contributed by atoms with E-state index in [0.717, 1.165) is 42.9 Å². The molecule has 162 valence electrons. The van der Waals surface area contributed by atoms with Crippen molar-refractivity contribution < 1.29 is 9.53 Å². The van der Waals surface area contributed by atoms with Crippen LogP contribution in [0.25, 0.3) is 10.6 Å². The fourth-order valence-corrected chi connectivity index (χ4v) is 5.65. The van der Waals surface area contributed by atoms with Crippen LogP contribution in [0.2, 0.25) is 5.15 Å². The van der Waals surface area contributed by atoms with E-state index in [4.69, 9.17) is 16.3 Å². The van der Waals surface area contributed by atoms with E-state index >= 15 is 0 Å². The second-order valence-electron chi connectivity index (χ2n) is 8.45. The maximum absolute atomic E-state index is 12.8. The van der Waals surface area contributed by atoms with Crippen molar-refractivity contribution in [3.05, 3.63) is 34.8 Å². The van der Waals surface area contributed by atoms with E-state index in [1.807, 2.05) is 24.3 Å². The van der Waals surface area contributed by atoms with Gasteiger partial charge < -0.3 is 10.1 Å². The predicted octanol–water partition coefficient (Wildman–Crippen LogP) is 6.35. The standard InChI is InChI=1S/C23H30ClN3O2S/c24-21-15-30-22(27-21)18-7-4-8-19(14-18)26-23(28)29-20(17-9-11-25-12-10-17)13-16-5-2-1-3-6-16/h4,7-8,14-17,20,25H,1-3,5-6,9-13H2,(H,26,28). The van der Waals surface area contributed by atoms with Gasteiger partial charge in [-0.1, -0.05) is 55.8 Å². The topological polar surface area (TPSA) is 63.2 Å². The van der Waals surface area contributed by atoms with Gasteiger partial charge in [-0.3, -0.25) is 5.32 Å². The van der Waals surface area contributed by atoms with Crippen molar-refractivity contribution in [1.82, 2.24) is 10.3 Å². The molecule has 1 atom stereocenters. The number of thiazole rings is 1. The highest BCUT2D eigenvalue weighted by atomic mass is 35.5. The van der Waals surface area contributed by atoms with E-state index in [-0.39, 0.29) is 12.2 Å². The summed E-state index contributed by atoms with van der Waals surface area (Å²) in [6.45, 7) is 2.02. The van der Waals surface area contributed by atoms with Crippen LogP contribution in [-0.4, -0.2) is 30.3 Å². The van der Waals surface area contributed by atoms with Gasteiger partial charge in [0.2, 0.25) is 0 Å². The van der Waals surface area contributed by atoms with Crippen LogP contribution in [0.3, 0.4) is 0 Å². The minimum absolute atomic E-state index is 0.00356. The second-order valence-corrected chi connectivity index (χ2v) is 9.70. The minimum atomic E-state index is -0.358. The number of benzene rings is 1. The van der Waals surface area contributed by atoms with Crippen molar-refractivity contribution >= 4 is 34.7 Å². The van der Waals surface area contributed by atoms with Crippen LogP contribution < -0.4 is 10.6 Å². The molecule has 2 aromatic rings. The molecule has 1 aliphatic heterocycles. The van der Waals surface area contributed by atoms with E-state index < -0.39 is 0 Å². The molecule has 1 saturated heterocycles. The third-order valence-electron chi connectivity index (χ3n) is 6.29. The zero-order valence-electron chi connectivity index (χ0n) is 17.2. The number of anilines is 1. The number of hydrogen-bond donors (Lipinski definition) is 2. The average molecular weight is 448 g/mol. The number of carbonyl (C=O) groups is 1. The van der Waals surface area contributed by atoms with Crippen molar-refractivity contribution in [3.63, 3.8) is 0 Å². The van der Waals surface area contributed by atoms with Crippen LogP contribution in [0, 0.1) is 11.8 Å². The fourth-order valence-electron chi connectivity index (χ4n) is 4.71. The molecule has 1 saturated carbocycles. The van der Waals surface area contributed by atoms with Gasteiger partial charge >= 0.3 is 6.09 Å². The maximum atomic E-state index is 12.8. The first-order valence-electron chi connectivity index (χ1n) is 11.1. The summed E-state index contributed by atoms with van der Waals surface area (Å²) in [5.41, 5.74) is 1.65. The van der Waals surface area contributed by atoms with Crippen LogP contribution in [0.4, 0.5) is 10.5 Å². The predicted molar refractivity (Wildman–Crippen MR) is 123 cm³/mol. The highest BCUT2D eigenvalue weighted by Gasteiger charge is 2.30. The molecular weight excluding hydrogens is 418 g/mol. The number of rotatable bonds is 6. The molecule has 0 bridgehead atoms. The summed E-state index contributed by atoms with van der Waals surface area (Å²) in [7, 11) is 0. The largest absolute Gasteiger partial charge is 0.446 e. The van der Waals surface area contributed by atoms with E-state index in [1.54, 1.807) is 5.38 Å². The minimum Gasteiger partial charge on any atom is -0.446 e. The quantitative estimate of drug-likeness (QED) is 0.541. The van der Waals surface area contributed by atoms with Gasteiger partial charge in [0.15, 0.2) is 0 Å². The first kappa shape index (κ1) is 21.6. The van der Waals surface area contributed by atoms with Crippen molar-refractivity contribution in [2.24, 2.45) is 11.8 Å². The van der Waals surface area contributed by atoms with Crippen LogP contribution >= 0.6 is 22.9 Å². The zero-order valence-corrected chi connectivity index (χ0v) is 18.8. The summed E-state index contributed by atoms with van der Waals surface area (Å²) in [4.78, 5) is 17.1. The summed E-state index contributed by atoms with van der Waals surface area (Å²) in [5.74, 6) is 1.13. The number of halogens is 1. The Balaban J connectivity index is 1.40. The van der Waals surface area contributed by atoms with E-state index in [0.29, 0.717) is 22.7 Å². The Morgan fingerprint density at radius 1 is 1.23 bits per heavy atom. The van der Waals surface area contributed by atoms with E-state index in [9.17, 15) is 4.79 Å². The van der Waals surface area contributed by atoms with Gasteiger partial charge in [0.25, 0.3) is 0 Å². The van der Waals surface area contributed by atoms with Gasteiger partial charge in [0, 0.05) is 16.6 Å². The molecular formula is C23H30ClN3O2S. The molecule has 4 rings (SSSR count). The summed E-state index contributed by atoms with van der Waals surface area (Å²) in [6.07, 6.45) is 9.28. The molecule has 2 N–H and O–H groups in total. The number of aromatic nitrogens is 1. The molecule has 1 aromatic heterocycles. The SMILES string of the molecule is O=C(Nc1cccc(-c2nc(Cl)cs2)c1)OC(CC1CCCCC1)C1CCNCC1. The van der Waals surface area contributed by atoms with Crippen LogP contribution in [-0.2, 0) is 4.74 Å². The first-order valence-corrected chi connectivity index (χ1v) is 12.3. The van der Waals surface area contributed by atoms with Crippen LogP contribution in [0.5, 0.6) is 0 Å². The summed E-state index contributed by atoms with van der Waals surface area (Å²) in [6, 6.07) is 7.66. The molecule has 0 radical (unpaired) electrons. The summed E-state index contributed by atoms with van der Waals surface area (Å²) >= 11 is 7.44. The molecule has 1 aliphatic carbocycles.